The van der Waals surface area contributed by atoms with E-state index in [1.807, 2.05) is 38.1 Å². The number of nitrogens with two attached hydrogens (primary N) is 1. The number of hydrogen-bond acceptors (Lipinski definition) is 7. The van der Waals surface area contributed by atoms with Crippen molar-refractivity contribution in [2.75, 3.05) is 10.5 Å². The number of nitriles is 1. The molecule has 0 aliphatic rings. The van der Waals surface area contributed by atoms with Crippen LogP contribution in [-0.4, -0.2) is 18.4 Å². The van der Waals surface area contributed by atoms with Crippen LogP contribution in [0.3, 0.4) is 0 Å². The average Bonchev–Trinajstić information content (AvgIpc) is 2.85. The second-order valence-corrected chi connectivity index (χ2v) is 10.7. The molecule has 1 aromatic heterocycles. The molecule has 4 rings (SSSR count). The van der Waals surface area contributed by atoms with E-state index in [-0.39, 0.29) is 22.6 Å². The number of sulfonamides is 1. The summed E-state index contributed by atoms with van der Waals surface area (Å²) in [5, 5.41) is 9.27. The second-order valence-electron chi connectivity index (χ2n) is 8.99. The molecule has 0 aliphatic heterocycles. The Kier molecular flexibility index (Phi) is 7.14. The van der Waals surface area contributed by atoms with Gasteiger partial charge in [-0.2, -0.15) is 10.2 Å². The Labute approximate surface area is 216 Å². The molecule has 0 bridgehead atoms. The van der Waals surface area contributed by atoms with Crippen LogP contribution in [0.15, 0.2) is 71.6 Å². The summed E-state index contributed by atoms with van der Waals surface area (Å²) >= 11 is 0. The smallest absolute Gasteiger partial charge is 0.264 e. The minimum absolute atomic E-state index is 0.00895. The zero-order valence-electron chi connectivity index (χ0n) is 21.0. The topological polar surface area (TPSA) is 131 Å². The summed E-state index contributed by atoms with van der Waals surface area (Å²) in [7, 11) is -4.02. The summed E-state index contributed by atoms with van der Waals surface area (Å²) < 4.78 is 34.8. The number of rotatable bonds is 7. The van der Waals surface area contributed by atoms with E-state index in [1.54, 1.807) is 30.3 Å². The lowest BCUT2D eigenvalue weighted by molar-refractivity contribution is 0.456. The predicted octanol–water partition coefficient (Wildman–Crippen LogP) is 5.93. The van der Waals surface area contributed by atoms with Gasteiger partial charge in [0.15, 0.2) is 0 Å². The van der Waals surface area contributed by atoms with Gasteiger partial charge in [-0.05, 0) is 66.8 Å². The van der Waals surface area contributed by atoms with E-state index in [1.165, 1.54) is 12.1 Å². The van der Waals surface area contributed by atoms with Crippen molar-refractivity contribution in [2.24, 2.45) is 0 Å². The molecule has 0 radical (unpaired) electrons. The van der Waals surface area contributed by atoms with Crippen molar-refractivity contribution in [2.45, 2.75) is 38.5 Å². The number of hydrogen-bond donors (Lipinski definition) is 2. The van der Waals surface area contributed by atoms with E-state index in [9.17, 15) is 13.7 Å². The van der Waals surface area contributed by atoms with Crippen molar-refractivity contribution in [3.05, 3.63) is 89.0 Å². The normalized spacial score (nSPS) is 11.2. The summed E-state index contributed by atoms with van der Waals surface area (Å²) in [4.78, 5) is 8.90. The van der Waals surface area contributed by atoms with Gasteiger partial charge in [-0.15, -0.1) is 0 Å². The highest BCUT2D eigenvalue weighted by Crippen LogP contribution is 2.34. The highest BCUT2D eigenvalue weighted by Gasteiger charge is 2.20. The van der Waals surface area contributed by atoms with E-state index >= 15 is 0 Å². The summed E-state index contributed by atoms with van der Waals surface area (Å²) in [6, 6.07) is 21.0. The van der Waals surface area contributed by atoms with Crippen molar-refractivity contribution in [1.82, 2.24) is 9.97 Å². The summed E-state index contributed by atoms with van der Waals surface area (Å²) in [6.45, 7) is 7.82. The van der Waals surface area contributed by atoms with Crippen LogP contribution < -0.4 is 15.2 Å². The van der Waals surface area contributed by atoms with E-state index in [2.05, 4.69) is 34.6 Å². The molecule has 188 valence electrons. The molecule has 0 spiro atoms. The second kappa shape index (κ2) is 10.3. The third kappa shape index (κ3) is 5.71. The Bertz CT molecular complexity index is 1600. The lowest BCUT2D eigenvalue weighted by Gasteiger charge is -2.16. The molecule has 0 fully saturated rings. The van der Waals surface area contributed by atoms with Crippen molar-refractivity contribution in [3.63, 3.8) is 0 Å². The number of nitrogen functional groups attached to an aromatic ring is 1. The number of benzene rings is 3. The fraction of sp³-hybridized carbons (Fsp3) is 0.179. The Hall–Kier alpha value is -4.42. The lowest BCUT2D eigenvalue weighted by Crippen LogP contribution is -2.16. The van der Waals surface area contributed by atoms with Crippen LogP contribution >= 0.6 is 0 Å². The Morgan fingerprint density at radius 1 is 0.973 bits per heavy atom. The van der Waals surface area contributed by atoms with Gasteiger partial charge in [-0.25, -0.2) is 18.1 Å². The van der Waals surface area contributed by atoms with E-state index in [0.29, 0.717) is 22.7 Å². The number of nitrogens with zero attached hydrogens (tertiary/aromatic N) is 3. The van der Waals surface area contributed by atoms with Crippen LogP contribution in [0, 0.1) is 25.2 Å². The van der Waals surface area contributed by atoms with Crippen molar-refractivity contribution >= 4 is 21.7 Å². The van der Waals surface area contributed by atoms with Gasteiger partial charge < -0.3 is 10.5 Å². The van der Waals surface area contributed by atoms with Gasteiger partial charge in [0.2, 0.25) is 11.8 Å². The number of anilines is 2. The van der Waals surface area contributed by atoms with Crippen LogP contribution in [0.25, 0.3) is 11.3 Å². The predicted molar refractivity (Wildman–Crippen MR) is 144 cm³/mol. The zero-order valence-corrected chi connectivity index (χ0v) is 21.8. The maximum atomic E-state index is 13.1. The van der Waals surface area contributed by atoms with Crippen molar-refractivity contribution in [3.8, 4) is 29.0 Å². The van der Waals surface area contributed by atoms with Gasteiger partial charge in [-0.1, -0.05) is 44.2 Å². The molecule has 0 saturated carbocycles. The van der Waals surface area contributed by atoms with Gasteiger partial charge in [0.05, 0.1) is 22.2 Å². The van der Waals surface area contributed by atoms with Crippen LogP contribution in [0.4, 0.5) is 11.6 Å². The maximum Gasteiger partial charge on any atom is 0.264 e. The van der Waals surface area contributed by atoms with Gasteiger partial charge in [-0.3, -0.25) is 0 Å². The molecule has 0 amide bonds. The largest absolute Gasteiger partial charge is 0.438 e. The molecule has 0 saturated heterocycles. The minimum Gasteiger partial charge on any atom is -0.438 e. The zero-order chi connectivity index (χ0) is 26.7. The standard InChI is InChI=1S/C28H27N5O3S/c1-17(2)23-10-5-6-11-24(23)25-15-26(36-27-18(3)12-20(16-29)13-19(27)4)32-28(31-25)33-37(34,35)22-9-7-8-21(30)14-22/h5-15,17H,30H2,1-4H3,(H,31,32,33). The van der Waals surface area contributed by atoms with Crippen molar-refractivity contribution in [1.29, 1.82) is 5.26 Å². The fourth-order valence-corrected chi connectivity index (χ4v) is 5.03. The maximum absolute atomic E-state index is 13.1. The molecule has 3 N–H and O–H groups in total. The summed E-state index contributed by atoms with van der Waals surface area (Å²) in [5.41, 5.74) is 10.5. The summed E-state index contributed by atoms with van der Waals surface area (Å²) in [5.74, 6) is 0.749. The summed E-state index contributed by atoms with van der Waals surface area (Å²) in [6.07, 6.45) is 0. The molecular formula is C28H27N5O3S. The highest BCUT2D eigenvalue weighted by molar-refractivity contribution is 7.92. The van der Waals surface area contributed by atoms with Gasteiger partial charge in [0.25, 0.3) is 10.0 Å². The molecule has 3 aromatic carbocycles. The molecule has 0 unspecified atom stereocenters. The van der Waals surface area contributed by atoms with Crippen LogP contribution in [-0.2, 0) is 10.0 Å². The third-order valence-electron chi connectivity index (χ3n) is 5.75. The third-order valence-corrected chi connectivity index (χ3v) is 7.08. The number of aryl methyl sites for hydroxylation is 2. The Morgan fingerprint density at radius 2 is 1.68 bits per heavy atom. The number of nitrogens with one attached hydrogen (secondary N) is 1. The molecule has 37 heavy (non-hydrogen) atoms. The SMILES string of the molecule is Cc1cc(C#N)cc(C)c1Oc1cc(-c2ccccc2C(C)C)nc(NS(=O)(=O)c2cccc(N)c2)n1. The number of ether oxygens (including phenoxy) is 1. The fourth-order valence-electron chi connectivity index (χ4n) is 4.04. The molecule has 0 aliphatic carbocycles. The van der Waals surface area contributed by atoms with Crippen LogP contribution in [0.1, 0.15) is 42.0 Å². The first-order chi connectivity index (χ1) is 17.6. The minimum atomic E-state index is -4.02. The Morgan fingerprint density at radius 3 is 2.32 bits per heavy atom. The molecule has 4 aromatic rings. The highest BCUT2D eigenvalue weighted by atomic mass is 32.2. The Balaban J connectivity index is 1.84. The molecule has 0 atom stereocenters. The van der Waals surface area contributed by atoms with Crippen molar-refractivity contribution < 1.29 is 13.2 Å². The number of aromatic nitrogens is 2. The van der Waals surface area contributed by atoms with E-state index < -0.39 is 10.0 Å². The van der Waals surface area contributed by atoms with Crippen LogP contribution in [0.5, 0.6) is 11.6 Å². The first-order valence-electron chi connectivity index (χ1n) is 11.6. The van der Waals surface area contributed by atoms with E-state index in [0.717, 1.165) is 22.3 Å². The van der Waals surface area contributed by atoms with Crippen LogP contribution in [0.2, 0.25) is 0 Å². The van der Waals surface area contributed by atoms with Gasteiger partial charge in [0, 0.05) is 17.3 Å². The molecular weight excluding hydrogens is 486 g/mol. The lowest BCUT2D eigenvalue weighted by atomic mass is 9.95. The monoisotopic (exact) mass is 513 g/mol. The van der Waals surface area contributed by atoms with E-state index in [4.69, 9.17) is 10.5 Å². The average molecular weight is 514 g/mol. The van der Waals surface area contributed by atoms with Gasteiger partial charge >= 0.3 is 0 Å². The molecule has 8 nitrogen and oxygen atoms in total. The molecule has 1 heterocycles. The first kappa shape index (κ1) is 25.7. The molecule has 9 heteroatoms. The van der Waals surface area contributed by atoms with Gasteiger partial charge in [0.1, 0.15) is 5.75 Å². The first-order valence-corrected chi connectivity index (χ1v) is 13.1. The quantitative estimate of drug-likeness (QED) is 0.293.